The van der Waals surface area contributed by atoms with Crippen LogP contribution in [0.15, 0.2) is 18.2 Å². The third kappa shape index (κ3) is 4.60. The van der Waals surface area contributed by atoms with Crippen molar-refractivity contribution in [2.45, 2.75) is 58.0 Å². The third-order valence-electron chi connectivity index (χ3n) is 4.14. The van der Waals surface area contributed by atoms with Crippen molar-refractivity contribution in [2.75, 3.05) is 7.11 Å². The zero-order chi connectivity index (χ0) is 15.2. The molecule has 0 aliphatic heterocycles. The molecule has 4 heteroatoms. The fraction of sp³-hybridized carbons (Fsp3) is 0.588. The molecule has 1 saturated carbocycles. The van der Waals surface area contributed by atoms with Crippen molar-refractivity contribution >= 4 is 17.3 Å². The summed E-state index contributed by atoms with van der Waals surface area (Å²) in [5.74, 6) is 0.904. The van der Waals surface area contributed by atoms with Gasteiger partial charge in [0.2, 0.25) is 0 Å². The Morgan fingerprint density at radius 1 is 1.29 bits per heavy atom. The van der Waals surface area contributed by atoms with Crippen LogP contribution in [0.5, 0.6) is 5.75 Å². The van der Waals surface area contributed by atoms with Crippen LogP contribution >= 0.6 is 12.2 Å². The van der Waals surface area contributed by atoms with Gasteiger partial charge in [-0.05, 0) is 45.0 Å². The fourth-order valence-electron chi connectivity index (χ4n) is 2.94. The van der Waals surface area contributed by atoms with Gasteiger partial charge in [-0.15, -0.1) is 0 Å². The maximum Gasteiger partial charge on any atom is 0.166 e. The summed E-state index contributed by atoms with van der Waals surface area (Å²) in [6.07, 6.45) is 6.42. The topological polar surface area (TPSA) is 33.3 Å². The number of aryl methyl sites for hydroxylation is 1. The van der Waals surface area contributed by atoms with E-state index in [1.807, 2.05) is 6.07 Å². The largest absolute Gasteiger partial charge is 0.496 e. The van der Waals surface area contributed by atoms with E-state index in [1.165, 1.54) is 37.7 Å². The molecule has 2 rings (SSSR count). The zero-order valence-electron chi connectivity index (χ0n) is 13.2. The number of benzene rings is 1. The Morgan fingerprint density at radius 2 is 2.00 bits per heavy atom. The number of thiocarbonyl (C=S) groups is 1. The minimum Gasteiger partial charge on any atom is -0.496 e. The van der Waals surface area contributed by atoms with Crippen LogP contribution in [0.3, 0.4) is 0 Å². The van der Waals surface area contributed by atoms with E-state index in [2.05, 4.69) is 36.6 Å². The van der Waals surface area contributed by atoms with E-state index in [4.69, 9.17) is 17.0 Å². The van der Waals surface area contributed by atoms with E-state index in [9.17, 15) is 0 Å². The highest BCUT2D eigenvalue weighted by molar-refractivity contribution is 7.80. The first kappa shape index (κ1) is 16.1. The van der Waals surface area contributed by atoms with Gasteiger partial charge in [-0.2, -0.15) is 0 Å². The number of methoxy groups -OCH3 is 1. The highest BCUT2D eigenvalue weighted by atomic mass is 32.1. The molecule has 1 aromatic carbocycles. The highest BCUT2D eigenvalue weighted by Gasteiger charge is 2.16. The lowest BCUT2D eigenvalue weighted by atomic mass is 9.96. The average Bonchev–Trinajstić information content (AvgIpc) is 2.48. The highest BCUT2D eigenvalue weighted by Crippen LogP contribution is 2.26. The molecule has 0 spiro atoms. The molecule has 0 saturated heterocycles. The molecule has 1 aromatic rings. The molecule has 1 aliphatic carbocycles. The number of hydrogen-bond donors (Lipinski definition) is 2. The van der Waals surface area contributed by atoms with Gasteiger partial charge in [-0.25, -0.2) is 0 Å². The van der Waals surface area contributed by atoms with Crippen LogP contribution in [0.25, 0.3) is 0 Å². The number of nitrogens with one attached hydrogen (secondary N) is 2. The summed E-state index contributed by atoms with van der Waals surface area (Å²) < 4.78 is 5.45. The molecule has 0 aromatic heterocycles. The van der Waals surface area contributed by atoms with Gasteiger partial charge < -0.3 is 15.4 Å². The molecule has 1 atom stereocenters. The predicted octanol–water partition coefficient (Wildman–Crippen LogP) is 3.86. The lowest BCUT2D eigenvalue weighted by Gasteiger charge is -2.26. The second-order valence-corrected chi connectivity index (χ2v) is 6.33. The van der Waals surface area contributed by atoms with Gasteiger partial charge in [0.15, 0.2) is 5.11 Å². The van der Waals surface area contributed by atoms with Crippen molar-refractivity contribution in [1.29, 1.82) is 0 Å². The third-order valence-corrected chi connectivity index (χ3v) is 4.38. The van der Waals surface area contributed by atoms with Gasteiger partial charge in [-0.3, -0.25) is 0 Å². The van der Waals surface area contributed by atoms with E-state index in [-0.39, 0.29) is 6.04 Å². The first-order valence-corrected chi connectivity index (χ1v) is 8.22. The Balaban J connectivity index is 1.95. The van der Waals surface area contributed by atoms with Crippen molar-refractivity contribution in [3.63, 3.8) is 0 Å². The first-order valence-electron chi connectivity index (χ1n) is 7.81. The smallest absolute Gasteiger partial charge is 0.166 e. The van der Waals surface area contributed by atoms with Crippen LogP contribution in [0.1, 0.15) is 56.2 Å². The summed E-state index contributed by atoms with van der Waals surface area (Å²) in [7, 11) is 1.71. The fourth-order valence-corrected chi connectivity index (χ4v) is 3.28. The molecule has 2 N–H and O–H groups in total. The Morgan fingerprint density at radius 3 is 2.67 bits per heavy atom. The Hall–Kier alpha value is -1.29. The van der Waals surface area contributed by atoms with E-state index in [0.29, 0.717) is 6.04 Å². The summed E-state index contributed by atoms with van der Waals surface area (Å²) in [6.45, 7) is 4.21. The summed E-state index contributed by atoms with van der Waals surface area (Å²) in [5.41, 5.74) is 2.37. The molecular formula is C17H26N2OS. The summed E-state index contributed by atoms with van der Waals surface area (Å²) in [5, 5.41) is 7.58. The minimum atomic E-state index is 0.128. The molecule has 0 radical (unpaired) electrons. The van der Waals surface area contributed by atoms with E-state index in [0.717, 1.165) is 16.4 Å². The van der Waals surface area contributed by atoms with Crippen LogP contribution in [0, 0.1) is 6.92 Å². The minimum absolute atomic E-state index is 0.128. The predicted molar refractivity (Wildman–Crippen MR) is 91.9 cm³/mol. The van der Waals surface area contributed by atoms with Gasteiger partial charge >= 0.3 is 0 Å². The van der Waals surface area contributed by atoms with Gasteiger partial charge in [0.25, 0.3) is 0 Å². The molecular weight excluding hydrogens is 280 g/mol. The Labute approximate surface area is 133 Å². The van der Waals surface area contributed by atoms with Crippen molar-refractivity contribution in [3.05, 3.63) is 29.3 Å². The van der Waals surface area contributed by atoms with Gasteiger partial charge in [0.1, 0.15) is 5.75 Å². The molecule has 0 unspecified atom stereocenters. The summed E-state index contributed by atoms with van der Waals surface area (Å²) >= 11 is 5.46. The maximum atomic E-state index is 5.46. The molecule has 116 valence electrons. The van der Waals surface area contributed by atoms with Crippen LogP contribution in [0.4, 0.5) is 0 Å². The number of hydrogen-bond acceptors (Lipinski definition) is 2. The number of ether oxygens (including phenoxy) is 1. The van der Waals surface area contributed by atoms with E-state index < -0.39 is 0 Å². The lowest BCUT2D eigenvalue weighted by Crippen LogP contribution is -2.43. The molecule has 1 fully saturated rings. The number of rotatable bonds is 4. The van der Waals surface area contributed by atoms with Crippen molar-refractivity contribution in [1.82, 2.24) is 10.6 Å². The molecule has 1 aliphatic rings. The molecule has 0 amide bonds. The molecule has 0 heterocycles. The van der Waals surface area contributed by atoms with Crippen LogP contribution in [-0.2, 0) is 0 Å². The summed E-state index contributed by atoms with van der Waals surface area (Å²) in [6, 6.07) is 6.89. The van der Waals surface area contributed by atoms with Gasteiger partial charge in [-0.1, -0.05) is 37.0 Å². The Bertz CT molecular complexity index is 484. The van der Waals surface area contributed by atoms with Crippen LogP contribution in [-0.4, -0.2) is 18.3 Å². The van der Waals surface area contributed by atoms with E-state index >= 15 is 0 Å². The zero-order valence-corrected chi connectivity index (χ0v) is 14.1. The monoisotopic (exact) mass is 306 g/mol. The first-order chi connectivity index (χ1) is 10.1. The standard InChI is InChI=1S/C17H26N2OS/c1-12-9-10-16(20-3)15(11-12)13(2)18-17(21)19-14-7-5-4-6-8-14/h9-11,13-14H,4-8H2,1-3H3,(H2,18,19,21)/t13-/m1/s1. The maximum absolute atomic E-state index is 5.46. The van der Waals surface area contributed by atoms with E-state index in [1.54, 1.807) is 7.11 Å². The average molecular weight is 306 g/mol. The normalized spacial score (nSPS) is 17.1. The van der Waals surface area contributed by atoms with Gasteiger partial charge in [0, 0.05) is 11.6 Å². The summed E-state index contributed by atoms with van der Waals surface area (Å²) in [4.78, 5) is 0. The molecule has 21 heavy (non-hydrogen) atoms. The molecule has 0 bridgehead atoms. The second-order valence-electron chi connectivity index (χ2n) is 5.92. The van der Waals surface area contributed by atoms with Crippen molar-refractivity contribution < 1.29 is 4.74 Å². The van der Waals surface area contributed by atoms with Crippen LogP contribution in [0.2, 0.25) is 0 Å². The molecule has 3 nitrogen and oxygen atoms in total. The lowest BCUT2D eigenvalue weighted by molar-refractivity contribution is 0.402. The van der Waals surface area contributed by atoms with Crippen molar-refractivity contribution in [3.8, 4) is 5.75 Å². The quantitative estimate of drug-likeness (QED) is 0.828. The van der Waals surface area contributed by atoms with Crippen molar-refractivity contribution in [2.24, 2.45) is 0 Å². The SMILES string of the molecule is COc1ccc(C)cc1[C@@H](C)NC(=S)NC1CCCCC1. The second kappa shape index (κ2) is 7.64. The van der Waals surface area contributed by atoms with Gasteiger partial charge in [0.05, 0.1) is 13.2 Å². The Kier molecular flexibility index (Phi) is 5.85. The van der Waals surface area contributed by atoms with Crippen LogP contribution < -0.4 is 15.4 Å².